The maximum absolute atomic E-state index is 12.1. The normalized spacial score (nSPS) is 11.8. The van der Waals surface area contributed by atoms with E-state index >= 15 is 0 Å². The fraction of sp³-hybridized carbons (Fsp3) is 0.190. The van der Waals surface area contributed by atoms with Crippen molar-refractivity contribution in [1.82, 2.24) is 5.32 Å². The molecular weight excluding hydrogens is 394 g/mol. The lowest BCUT2D eigenvalue weighted by Gasteiger charge is -2.15. The summed E-state index contributed by atoms with van der Waals surface area (Å²) in [7, 11) is 0. The van der Waals surface area contributed by atoms with E-state index in [1.807, 2.05) is 60.7 Å². The molecule has 0 spiro atoms. The van der Waals surface area contributed by atoms with E-state index in [-0.39, 0.29) is 5.91 Å². The minimum atomic E-state index is -0.572. The Labute approximate surface area is 161 Å². The number of ether oxygens (including phenoxy) is 2. The number of fused-ring (bicyclic) bond motifs is 1. The third-order valence-electron chi connectivity index (χ3n) is 3.89. The number of hydrogen-bond acceptors (Lipinski definition) is 3. The number of carbonyl (C=O) groups excluding carboxylic acids is 1. The molecule has 0 saturated heterocycles. The Morgan fingerprint density at radius 1 is 1.00 bits per heavy atom. The minimum absolute atomic E-state index is 0.171. The minimum Gasteiger partial charge on any atom is -0.492 e. The molecule has 1 unspecified atom stereocenters. The van der Waals surface area contributed by atoms with Gasteiger partial charge in [0.25, 0.3) is 5.91 Å². The van der Waals surface area contributed by atoms with Crippen LogP contribution >= 0.6 is 15.9 Å². The number of halogens is 1. The average Bonchev–Trinajstić information content (AvgIpc) is 2.66. The van der Waals surface area contributed by atoms with Crippen molar-refractivity contribution in [1.29, 1.82) is 0 Å². The first-order valence-corrected chi connectivity index (χ1v) is 9.23. The largest absolute Gasteiger partial charge is 0.492 e. The van der Waals surface area contributed by atoms with Gasteiger partial charge in [-0.25, -0.2) is 0 Å². The topological polar surface area (TPSA) is 47.6 Å². The first-order chi connectivity index (χ1) is 12.6. The molecule has 1 atom stereocenters. The van der Waals surface area contributed by atoms with Gasteiger partial charge in [0, 0.05) is 4.47 Å². The lowest BCUT2D eigenvalue weighted by atomic mass is 10.1. The summed E-state index contributed by atoms with van der Waals surface area (Å²) in [6.07, 6.45) is -0.572. The zero-order chi connectivity index (χ0) is 18.4. The number of hydrogen-bond donors (Lipinski definition) is 1. The second-order valence-electron chi connectivity index (χ2n) is 5.86. The maximum atomic E-state index is 12.1. The molecule has 0 radical (unpaired) electrons. The van der Waals surface area contributed by atoms with Crippen molar-refractivity contribution < 1.29 is 14.3 Å². The molecule has 26 heavy (non-hydrogen) atoms. The summed E-state index contributed by atoms with van der Waals surface area (Å²) >= 11 is 3.37. The van der Waals surface area contributed by atoms with Gasteiger partial charge >= 0.3 is 0 Å². The zero-order valence-corrected chi connectivity index (χ0v) is 16.0. The van der Waals surface area contributed by atoms with Crippen LogP contribution in [0.5, 0.6) is 11.5 Å². The van der Waals surface area contributed by atoms with Crippen molar-refractivity contribution >= 4 is 32.6 Å². The summed E-state index contributed by atoms with van der Waals surface area (Å²) in [5.74, 6) is 1.27. The van der Waals surface area contributed by atoms with Gasteiger partial charge in [0.1, 0.15) is 18.1 Å². The molecule has 1 amide bonds. The van der Waals surface area contributed by atoms with Crippen LogP contribution in [0.1, 0.15) is 6.92 Å². The number of amides is 1. The van der Waals surface area contributed by atoms with Crippen LogP contribution in [0.25, 0.3) is 10.8 Å². The molecule has 0 aliphatic carbocycles. The van der Waals surface area contributed by atoms with Crippen molar-refractivity contribution in [2.75, 3.05) is 13.2 Å². The highest BCUT2D eigenvalue weighted by Crippen LogP contribution is 2.20. The van der Waals surface area contributed by atoms with E-state index in [1.54, 1.807) is 6.92 Å². The van der Waals surface area contributed by atoms with E-state index in [0.29, 0.717) is 18.9 Å². The van der Waals surface area contributed by atoms with Gasteiger partial charge in [-0.05, 0) is 54.1 Å². The predicted octanol–water partition coefficient (Wildman–Crippen LogP) is 4.56. The number of carbonyl (C=O) groups is 1. The molecular formula is C21H20BrNO3. The predicted molar refractivity (Wildman–Crippen MR) is 107 cm³/mol. The van der Waals surface area contributed by atoms with E-state index in [4.69, 9.17) is 9.47 Å². The van der Waals surface area contributed by atoms with Crippen molar-refractivity contribution in [3.63, 3.8) is 0 Å². The average molecular weight is 414 g/mol. The van der Waals surface area contributed by atoms with Gasteiger partial charge in [0.2, 0.25) is 0 Å². The highest BCUT2D eigenvalue weighted by atomic mass is 79.9. The van der Waals surface area contributed by atoms with Gasteiger partial charge in [-0.3, -0.25) is 4.79 Å². The van der Waals surface area contributed by atoms with Crippen LogP contribution in [0.15, 0.2) is 71.2 Å². The molecule has 0 saturated carbocycles. The molecule has 3 aromatic carbocycles. The van der Waals surface area contributed by atoms with Gasteiger partial charge in [0.15, 0.2) is 6.10 Å². The number of rotatable bonds is 7. The first kappa shape index (κ1) is 18.3. The summed E-state index contributed by atoms with van der Waals surface area (Å²) in [6, 6.07) is 21.5. The fourth-order valence-electron chi connectivity index (χ4n) is 2.51. The van der Waals surface area contributed by atoms with Crippen molar-refractivity contribution in [2.24, 2.45) is 0 Å². The zero-order valence-electron chi connectivity index (χ0n) is 14.4. The number of benzene rings is 3. The Balaban J connectivity index is 1.43. The van der Waals surface area contributed by atoms with Crippen LogP contribution in [-0.4, -0.2) is 25.2 Å². The second-order valence-corrected chi connectivity index (χ2v) is 6.78. The van der Waals surface area contributed by atoms with Crippen LogP contribution in [-0.2, 0) is 4.79 Å². The Morgan fingerprint density at radius 3 is 2.46 bits per heavy atom. The molecule has 3 rings (SSSR count). The monoisotopic (exact) mass is 413 g/mol. The van der Waals surface area contributed by atoms with Crippen LogP contribution in [0, 0.1) is 0 Å². The number of nitrogens with one attached hydrogen (secondary N) is 1. The molecule has 5 heteroatoms. The van der Waals surface area contributed by atoms with Crippen molar-refractivity contribution in [2.45, 2.75) is 13.0 Å². The Kier molecular flexibility index (Phi) is 6.12. The third-order valence-corrected chi connectivity index (χ3v) is 4.42. The van der Waals surface area contributed by atoms with E-state index < -0.39 is 6.10 Å². The van der Waals surface area contributed by atoms with Gasteiger partial charge in [-0.15, -0.1) is 0 Å². The first-order valence-electron chi connectivity index (χ1n) is 8.43. The molecule has 134 valence electrons. The molecule has 0 heterocycles. The van der Waals surface area contributed by atoms with E-state index in [2.05, 4.69) is 27.3 Å². The van der Waals surface area contributed by atoms with Gasteiger partial charge in [-0.2, -0.15) is 0 Å². The van der Waals surface area contributed by atoms with E-state index in [1.165, 1.54) is 5.39 Å². The Morgan fingerprint density at radius 2 is 1.69 bits per heavy atom. The molecule has 4 nitrogen and oxygen atoms in total. The highest BCUT2D eigenvalue weighted by Gasteiger charge is 2.14. The van der Waals surface area contributed by atoms with Crippen LogP contribution in [0.3, 0.4) is 0 Å². The van der Waals surface area contributed by atoms with Crippen LogP contribution in [0.4, 0.5) is 0 Å². The Hall–Kier alpha value is -2.53. The lowest BCUT2D eigenvalue weighted by molar-refractivity contribution is -0.127. The summed E-state index contributed by atoms with van der Waals surface area (Å²) in [6.45, 7) is 2.54. The summed E-state index contributed by atoms with van der Waals surface area (Å²) in [5, 5.41) is 5.13. The van der Waals surface area contributed by atoms with Crippen molar-refractivity contribution in [3.05, 3.63) is 71.2 Å². The SMILES string of the molecule is CC(Oc1ccc(Br)cc1)C(=O)NCCOc1ccc2ccccc2c1. The summed E-state index contributed by atoms with van der Waals surface area (Å²) in [5.41, 5.74) is 0. The molecule has 0 bridgehead atoms. The summed E-state index contributed by atoms with van der Waals surface area (Å²) in [4.78, 5) is 12.1. The molecule has 0 aromatic heterocycles. The molecule has 0 aliphatic heterocycles. The molecule has 3 aromatic rings. The smallest absolute Gasteiger partial charge is 0.260 e. The van der Waals surface area contributed by atoms with E-state index in [9.17, 15) is 4.79 Å². The third kappa shape index (κ3) is 4.99. The quantitative estimate of drug-likeness (QED) is 0.577. The van der Waals surface area contributed by atoms with Gasteiger partial charge in [-0.1, -0.05) is 46.3 Å². The fourth-order valence-corrected chi connectivity index (χ4v) is 2.78. The second kappa shape index (κ2) is 8.72. The standard InChI is InChI=1S/C21H20BrNO3/c1-15(26-19-10-7-18(22)8-11-19)21(24)23-12-13-25-20-9-6-16-4-2-3-5-17(16)14-20/h2-11,14-15H,12-13H2,1H3,(H,23,24). The molecule has 1 N–H and O–H groups in total. The summed E-state index contributed by atoms with van der Waals surface area (Å²) < 4.78 is 12.3. The van der Waals surface area contributed by atoms with Crippen LogP contribution in [0.2, 0.25) is 0 Å². The van der Waals surface area contributed by atoms with Crippen LogP contribution < -0.4 is 14.8 Å². The van der Waals surface area contributed by atoms with E-state index in [0.717, 1.165) is 15.6 Å². The lowest BCUT2D eigenvalue weighted by Crippen LogP contribution is -2.38. The van der Waals surface area contributed by atoms with Crippen molar-refractivity contribution in [3.8, 4) is 11.5 Å². The van der Waals surface area contributed by atoms with Gasteiger partial charge in [0.05, 0.1) is 6.54 Å². The highest BCUT2D eigenvalue weighted by molar-refractivity contribution is 9.10. The maximum Gasteiger partial charge on any atom is 0.260 e. The van der Waals surface area contributed by atoms with Gasteiger partial charge < -0.3 is 14.8 Å². The molecule has 0 fully saturated rings. The molecule has 0 aliphatic rings. The Bertz CT molecular complexity index is 880.